The van der Waals surface area contributed by atoms with E-state index in [-0.39, 0.29) is 16.9 Å². The van der Waals surface area contributed by atoms with E-state index in [9.17, 15) is 4.79 Å². The van der Waals surface area contributed by atoms with Crippen LogP contribution in [0, 0.1) is 0 Å². The molecule has 2 aromatic rings. The predicted molar refractivity (Wildman–Crippen MR) is 83.4 cm³/mol. The van der Waals surface area contributed by atoms with E-state index in [0.29, 0.717) is 0 Å². The standard InChI is InChI=1S/C16H13BrN2O/c17-13(11-7-3-1-4-8-11)15-14(18-16(20)19-15)12-9-5-2-6-10-12/h1-10,13,15H,(H,19,20). The molecule has 0 saturated carbocycles. The Bertz CT molecular complexity index is 640. The molecule has 1 N–H and O–H groups in total. The second-order valence-corrected chi connectivity index (χ2v) is 5.59. The molecule has 0 saturated heterocycles. The van der Waals surface area contributed by atoms with E-state index in [4.69, 9.17) is 0 Å². The lowest BCUT2D eigenvalue weighted by molar-refractivity contribution is 0.250. The fraction of sp³-hybridized carbons (Fsp3) is 0.125. The molecule has 0 spiro atoms. The van der Waals surface area contributed by atoms with Crippen LogP contribution in [0.4, 0.5) is 4.79 Å². The van der Waals surface area contributed by atoms with E-state index in [2.05, 4.69) is 26.2 Å². The van der Waals surface area contributed by atoms with Crippen LogP contribution >= 0.6 is 15.9 Å². The SMILES string of the molecule is O=C1N=C(c2ccccc2)C(C(Br)c2ccccc2)N1. The minimum Gasteiger partial charge on any atom is -0.326 e. The number of aliphatic imine (C=N–C) groups is 1. The van der Waals surface area contributed by atoms with Gasteiger partial charge in [0.2, 0.25) is 0 Å². The zero-order valence-corrected chi connectivity index (χ0v) is 12.2. The van der Waals surface area contributed by atoms with Crippen molar-refractivity contribution in [3.05, 3.63) is 71.8 Å². The normalized spacial score (nSPS) is 19.4. The molecule has 0 aromatic heterocycles. The quantitative estimate of drug-likeness (QED) is 0.857. The first kappa shape index (κ1) is 13.1. The average Bonchev–Trinajstić information content (AvgIpc) is 2.90. The molecule has 0 aliphatic carbocycles. The van der Waals surface area contributed by atoms with Crippen molar-refractivity contribution < 1.29 is 4.79 Å². The van der Waals surface area contributed by atoms with Crippen molar-refractivity contribution in [2.45, 2.75) is 10.9 Å². The fourth-order valence-electron chi connectivity index (χ4n) is 2.31. The summed E-state index contributed by atoms with van der Waals surface area (Å²) in [6.07, 6.45) is 0. The third kappa shape index (κ3) is 2.51. The van der Waals surface area contributed by atoms with E-state index in [1.165, 1.54) is 0 Å². The van der Waals surface area contributed by atoms with Crippen molar-refractivity contribution in [1.82, 2.24) is 5.32 Å². The van der Waals surface area contributed by atoms with Crippen molar-refractivity contribution in [2.24, 2.45) is 4.99 Å². The van der Waals surface area contributed by atoms with Crippen LogP contribution in [0.1, 0.15) is 16.0 Å². The number of halogens is 1. The molecular weight excluding hydrogens is 316 g/mol. The molecule has 3 rings (SSSR count). The summed E-state index contributed by atoms with van der Waals surface area (Å²) in [5.74, 6) is 0. The first-order chi connectivity index (χ1) is 9.75. The Morgan fingerprint density at radius 1 is 1.00 bits per heavy atom. The minimum atomic E-state index is -0.283. The third-order valence-electron chi connectivity index (χ3n) is 3.28. The van der Waals surface area contributed by atoms with Gasteiger partial charge in [-0.05, 0) is 11.1 Å². The highest BCUT2D eigenvalue weighted by Crippen LogP contribution is 2.30. The molecule has 3 nitrogen and oxygen atoms in total. The van der Waals surface area contributed by atoms with Crippen molar-refractivity contribution in [2.75, 3.05) is 0 Å². The number of nitrogens with zero attached hydrogens (tertiary/aromatic N) is 1. The highest BCUT2D eigenvalue weighted by atomic mass is 79.9. The Kier molecular flexibility index (Phi) is 3.65. The third-order valence-corrected chi connectivity index (χ3v) is 4.33. The number of carbonyl (C=O) groups excluding carboxylic acids is 1. The van der Waals surface area contributed by atoms with Crippen molar-refractivity contribution >= 4 is 27.7 Å². The van der Waals surface area contributed by atoms with Crippen molar-refractivity contribution in [1.29, 1.82) is 0 Å². The molecule has 0 fully saturated rings. The van der Waals surface area contributed by atoms with Gasteiger partial charge in [0.1, 0.15) is 0 Å². The highest BCUT2D eigenvalue weighted by molar-refractivity contribution is 9.09. The molecule has 2 unspecified atom stereocenters. The van der Waals surface area contributed by atoms with E-state index in [1.54, 1.807) is 0 Å². The number of rotatable bonds is 3. The summed E-state index contributed by atoms with van der Waals surface area (Å²) in [7, 11) is 0. The Morgan fingerprint density at radius 2 is 1.60 bits per heavy atom. The maximum absolute atomic E-state index is 11.7. The van der Waals surface area contributed by atoms with Gasteiger partial charge >= 0.3 is 6.03 Å². The number of nitrogens with one attached hydrogen (secondary N) is 1. The van der Waals surface area contributed by atoms with E-state index < -0.39 is 0 Å². The van der Waals surface area contributed by atoms with Crippen LogP contribution in [0.25, 0.3) is 0 Å². The number of urea groups is 1. The summed E-state index contributed by atoms with van der Waals surface area (Å²) < 4.78 is 0. The van der Waals surface area contributed by atoms with Gasteiger partial charge in [-0.25, -0.2) is 4.79 Å². The van der Waals surface area contributed by atoms with Gasteiger partial charge in [-0.3, -0.25) is 0 Å². The molecular formula is C16H13BrN2O. The molecule has 1 aliphatic heterocycles. The molecule has 4 heteroatoms. The minimum absolute atomic E-state index is 0.00546. The second kappa shape index (κ2) is 5.59. The molecule has 2 amide bonds. The van der Waals surface area contributed by atoms with Gasteiger partial charge in [0.25, 0.3) is 0 Å². The van der Waals surface area contributed by atoms with Crippen LogP contribution in [0.15, 0.2) is 65.7 Å². The summed E-state index contributed by atoms with van der Waals surface area (Å²) >= 11 is 3.68. The number of amides is 2. The van der Waals surface area contributed by atoms with Crippen LogP contribution in [-0.2, 0) is 0 Å². The van der Waals surface area contributed by atoms with Gasteiger partial charge in [0.05, 0.1) is 16.6 Å². The van der Waals surface area contributed by atoms with Gasteiger partial charge in [-0.1, -0.05) is 76.6 Å². The lowest BCUT2D eigenvalue weighted by Gasteiger charge is -2.20. The molecule has 1 heterocycles. The topological polar surface area (TPSA) is 41.5 Å². The number of hydrogen-bond donors (Lipinski definition) is 1. The number of carbonyl (C=O) groups is 1. The molecule has 2 atom stereocenters. The van der Waals surface area contributed by atoms with Crippen LogP contribution in [-0.4, -0.2) is 17.8 Å². The van der Waals surface area contributed by atoms with Gasteiger partial charge in [0, 0.05) is 0 Å². The van der Waals surface area contributed by atoms with Crippen molar-refractivity contribution in [3.63, 3.8) is 0 Å². The van der Waals surface area contributed by atoms with E-state index in [1.807, 2.05) is 60.7 Å². The summed E-state index contributed by atoms with van der Waals surface area (Å²) in [6.45, 7) is 0. The van der Waals surface area contributed by atoms with Gasteiger partial charge in [0.15, 0.2) is 0 Å². The van der Waals surface area contributed by atoms with Crippen LogP contribution in [0.5, 0.6) is 0 Å². The zero-order chi connectivity index (χ0) is 13.9. The Hall–Kier alpha value is -1.94. The average molecular weight is 329 g/mol. The molecule has 20 heavy (non-hydrogen) atoms. The summed E-state index contributed by atoms with van der Waals surface area (Å²) in [6, 6.07) is 19.4. The summed E-state index contributed by atoms with van der Waals surface area (Å²) in [5.41, 5.74) is 2.86. The smallest absolute Gasteiger partial charge is 0.326 e. The first-order valence-corrected chi connectivity index (χ1v) is 7.31. The summed E-state index contributed by atoms with van der Waals surface area (Å²) in [4.78, 5) is 15.8. The maximum Gasteiger partial charge on any atom is 0.341 e. The Morgan fingerprint density at radius 3 is 2.25 bits per heavy atom. The number of benzene rings is 2. The van der Waals surface area contributed by atoms with Gasteiger partial charge < -0.3 is 5.32 Å². The molecule has 2 aromatic carbocycles. The molecule has 1 aliphatic rings. The van der Waals surface area contributed by atoms with E-state index >= 15 is 0 Å². The molecule has 100 valence electrons. The lowest BCUT2D eigenvalue weighted by Crippen LogP contribution is -2.36. The zero-order valence-electron chi connectivity index (χ0n) is 10.7. The molecule has 0 bridgehead atoms. The maximum atomic E-state index is 11.7. The molecule has 0 radical (unpaired) electrons. The van der Waals surface area contributed by atoms with Gasteiger partial charge in [-0.2, -0.15) is 4.99 Å². The largest absolute Gasteiger partial charge is 0.341 e. The first-order valence-electron chi connectivity index (χ1n) is 6.39. The highest BCUT2D eigenvalue weighted by Gasteiger charge is 2.33. The van der Waals surface area contributed by atoms with E-state index in [0.717, 1.165) is 16.8 Å². The monoisotopic (exact) mass is 328 g/mol. The van der Waals surface area contributed by atoms with Crippen LogP contribution < -0.4 is 5.32 Å². The summed E-state index contributed by atoms with van der Waals surface area (Å²) in [5, 5.41) is 2.91. The number of alkyl halides is 1. The second-order valence-electron chi connectivity index (χ2n) is 4.60. The lowest BCUT2D eigenvalue weighted by atomic mass is 9.97. The predicted octanol–water partition coefficient (Wildman–Crippen LogP) is 3.70. The Labute approximate surface area is 125 Å². The van der Waals surface area contributed by atoms with Crippen molar-refractivity contribution in [3.8, 4) is 0 Å². The van der Waals surface area contributed by atoms with Crippen LogP contribution in [0.3, 0.4) is 0 Å². The number of hydrogen-bond acceptors (Lipinski definition) is 1. The van der Waals surface area contributed by atoms with Gasteiger partial charge in [-0.15, -0.1) is 0 Å². The Balaban J connectivity index is 1.94. The van der Waals surface area contributed by atoms with Crippen LogP contribution in [0.2, 0.25) is 0 Å². The fourth-order valence-corrected chi connectivity index (χ4v) is 2.99.